The van der Waals surface area contributed by atoms with E-state index in [1.807, 2.05) is 6.07 Å². The molecule has 4 N–H and O–H groups in total. The van der Waals surface area contributed by atoms with Crippen molar-refractivity contribution in [2.75, 3.05) is 6.54 Å². The summed E-state index contributed by atoms with van der Waals surface area (Å²) in [6, 6.07) is 16.2. The van der Waals surface area contributed by atoms with Gasteiger partial charge in [-0.15, -0.1) is 0 Å². The van der Waals surface area contributed by atoms with Gasteiger partial charge in [-0.05, 0) is 44.6 Å². The lowest BCUT2D eigenvalue weighted by atomic mass is 10.0. The Morgan fingerprint density at radius 1 is 1.08 bits per heavy atom. The summed E-state index contributed by atoms with van der Waals surface area (Å²) < 4.78 is 19.4. The molecule has 0 spiro atoms. The van der Waals surface area contributed by atoms with E-state index in [9.17, 15) is 28.9 Å². The maximum absolute atomic E-state index is 13.7. The van der Waals surface area contributed by atoms with Gasteiger partial charge in [-0.1, -0.05) is 60.7 Å². The van der Waals surface area contributed by atoms with Gasteiger partial charge in [0.1, 0.15) is 12.1 Å². The molecule has 1 fully saturated rings. The Bertz CT molecular complexity index is 1110. The third-order valence-corrected chi connectivity index (χ3v) is 8.40. The van der Waals surface area contributed by atoms with E-state index in [1.165, 1.54) is 4.90 Å². The summed E-state index contributed by atoms with van der Waals surface area (Å²) in [4.78, 5) is 50.4. The first kappa shape index (κ1) is 28.7. The first-order valence-electron chi connectivity index (χ1n) is 12.5. The molecule has 0 aromatic heterocycles. The van der Waals surface area contributed by atoms with Crippen molar-refractivity contribution in [2.45, 2.75) is 69.3 Å². The van der Waals surface area contributed by atoms with Gasteiger partial charge < -0.3 is 20.6 Å². The molecule has 200 valence electrons. The fourth-order valence-corrected chi connectivity index (χ4v) is 6.09. The third kappa shape index (κ3) is 8.07. The Morgan fingerprint density at radius 3 is 2.30 bits per heavy atom. The van der Waals surface area contributed by atoms with Gasteiger partial charge in [-0.3, -0.25) is 18.7 Å². The van der Waals surface area contributed by atoms with Crippen molar-refractivity contribution in [1.82, 2.24) is 4.90 Å². The summed E-state index contributed by atoms with van der Waals surface area (Å²) in [6.45, 7) is 1.97. The highest BCUT2D eigenvalue weighted by Crippen LogP contribution is 2.52. The monoisotopic (exact) mass is 530 g/mol. The van der Waals surface area contributed by atoms with Crippen LogP contribution in [-0.2, 0) is 25.1 Å². The maximum Gasteiger partial charge on any atom is 0.332 e. The number of rotatable bonds is 13. The SMILES string of the molecule is CC(N)CC[C@H](OP(=O)(O)C(CC(=O)c1ccccc1)Cc1ccccc1)C(=O)N1CCC[C@H]1C(=O)O. The average Bonchev–Trinajstić information content (AvgIpc) is 3.37. The Hall–Kier alpha value is -2.84. The molecule has 3 unspecified atom stereocenters. The molecule has 0 bridgehead atoms. The van der Waals surface area contributed by atoms with Crippen LogP contribution in [0.4, 0.5) is 0 Å². The van der Waals surface area contributed by atoms with Gasteiger partial charge in [0.2, 0.25) is 0 Å². The molecule has 1 aliphatic rings. The second-order valence-corrected chi connectivity index (χ2v) is 11.6. The predicted octanol–water partition coefficient (Wildman–Crippen LogP) is 3.64. The van der Waals surface area contributed by atoms with E-state index in [0.717, 1.165) is 5.56 Å². The first-order chi connectivity index (χ1) is 17.6. The number of hydrogen-bond donors (Lipinski definition) is 3. The lowest BCUT2D eigenvalue weighted by Gasteiger charge is -2.30. The number of carbonyl (C=O) groups is 3. The zero-order valence-corrected chi connectivity index (χ0v) is 21.8. The van der Waals surface area contributed by atoms with Crippen LogP contribution in [0.2, 0.25) is 0 Å². The standard InChI is InChI=1S/C27H35N2O7P/c1-19(28)14-15-25(26(31)29-16-8-13-23(29)27(32)33)36-37(34,35)22(17-20-9-4-2-5-10-20)18-24(30)21-11-6-3-7-12-21/h2-7,9-12,19,22-23,25H,8,13-18,28H2,1H3,(H,32,33)(H,34,35)/t19?,22?,23-,25-/m0/s1. The van der Waals surface area contributed by atoms with Gasteiger partial charge in [-0.25, -0.2) is 4.79 Å². The molecule has 9 nitrogen and oxygen atoms in total. The Balaban J connectivity index is 1.87. The van der Waals surface area contributed by atoms with Crippen LogP contribution in [0.3, 0.4) is 0 Å². The normalized spacial score (nSPS) is 19.5. The van der Waals surface area contributed by atoms with Gasteiger partial charge in [0.25, 0.3) is 5.91 Å². The van der Waals surface area contributed by atoms with Crippen LogP contribution in [-0.4, -0.2) is 63.0 Å². The molecule has 1 heterocycles. The number of amides is 1. The molecule has 0 aliphatic carbocycles. The van der Waals surface area contributed by atoms with E-state index in [1.54, 1.807) is 61.5 Å². The van der Waals surface area contributed by atoms with Crippen molar-refractivity contribution in [3.05, 3.63) is 71.8 Å². The average molecular weight is 531 g/mol. The largest absolute Gasteiger partial charge is 0.480 e. The topological polar surface area (TPSA) is 147 Å². The number of aliphatic carboxylic acids is 1. The number of carbonyl (C=O) groups excluding carboxylic acids is 2. The molecule has 1 amide bonds. The van der Waals surface area contributed by atoms with Crippen LogP contribution in [0.1, 0.15) is 54.9 Å². The number of hydrogen-bond acceptors (Lipinski definition) is 6. The number of carboxylic acids is 1. The summed E-state index contributed by atoms with van der Waals surface area (Å²) in [5, 5.41) is 9.53. The number of Topliss-reactive ketones (excluding diaryl/α,β-unsaturated/α-hetero) is 1. The van der Waals surface area contributed by atoms with Crippen LogP contribution in [0, 0.1) is 0 Å². The highest BCUT2D eigenvalue weighted by atomic mass is 31.2. The second-order valence-electron chi connectivity index (χ2n) is 9.58. The van der Waals surface area contributed by atoms with Gasteiger partial charge >= 0.3 is 13.6 Å². The maximum atomic E-state index is 13.7. The summed E-state index contributed by atoms with van der Waals surface area (Å²) in [5.74, 6) is -2.09. The highest BCUT2D eigenvalue weighted by molar-refractivity contribution is 7.53. The predicted molar refractivity (Wildman–Crippen MR) is 139 cm³/mol. The molecule has 1 aliphatic heterocycles. The lowest BCUT2D eigenvalue weighted by Crippen LogP contribution is -2.46. The third-order valence-electron chi connectivity index (χ3n) is 6.55. The fourth-order valence-electron chi connectivity index (χ4n) is 4.52. The van der Waals surface area contributed by atoms with Crippen molar-refractivity contribution < 1.29 is 33.5 Å². The molecule has 0 saturated carbocycles. The highest BCUT2D eigenvalue weighted by Gasteiger charge is 2.42. The fraction of sp³-hybridized carbons (Fsp3) is 0.444. The van der Waals surface area contributed by atoms with Crippen molar-refractivity contribution in [3.63, 3.8) is 0 Å². The molecule has 0 radical (unpaired) electrons. The Kier molecular flexibility index (Phi) is 10.2. The van der Waals surface area contributed by atoms with Crippen LogP contribution in [0.25, 0.3) is 0 Å². The van der Waals surface area contributed by atoms with E-state index >= 15 is 0 Å². The quantitative estimate of drug-likeness (QED) is 0.263. The van der Waals surface area contributed by atoms with Crippen molar-refractivity contribution in [3.8, 4) is 0 Å². The zero-order valence-electron chi connectivity index (χ0n) is 20.9. The molecule has 37 heavy (non-hydrogen) atoms. The Labute approximate surface area is 217 Å². The summed E-state index contributed by atoms with van der Waals surface area (Å²) in [6.07, 6.45) is -0.331. The minimum Gasteiger partial charge on any atom is -0.480 e. The van der Waals surface area contributed by atoms with Gasteiger partial charge in [-0.2, -0.15) is 0 Å². The molecule has 1 saturated heterocycles. The molecule has 2 aromatic rings. The smallest absolute Gasteiger partial charge is 0.332 e. The number of ketones is 1. The molecule has 3 rings (SSSR count). The van der Waals surface area contributed by atoms with Crippen molar-refractivity contribution in [1.29, 1.82) is 0 Å². The minimum atomic E-state index is -4.55. The van der Waals surface area contributed by atoms with E-state index < -0.39 is 37.3 Å². The lowest BCUT2D eigenvalue weighted by molar-refractivity contribution is -0.151. The zero-order chi connectivity index (χ0) is 27.0. The van der Waals surface area contributed by atoms with Crippen molar-refractivity contribution >= 4 is 25.3 Å². The summed E-state index contributed by atoms with van der Waals surface area (Å²) >= 11 is 0. The van der Waals surface area contributed by atoms with E-state index in [2.05, 4.69) is 0 Å². The van der Waals surface area contributed by atoms with Gasteiger partial charge in [0, 0.05) is 24.6 Å². The van der Waals surface area contributed by atoms with Crippen LogP contribution in [0.15, 0.2) is 60.7 Å². The van der Waals surface area contributed by atoms with Crippen molar-refractivity contribution in [2.24, 2.45) is 5.73 Å². The number of likely N-dealkylation sites (tertiary alicyclic amines) is 1. The molecular formula is C27H35N2O7P. The van der Waals surface area contributed by atoms with E-state index in [0.29, 0.717) is 24.8 Å². The minimum absolute atomic E-state index is 0.0502. The van der Waals surface area contributed by atoms with Crippen LogP contribution in [0.5, 0.6) is 0 Å². The van der Waals surface area contributed by atoms with E-state index in [4.69, 9.17) is 10.3 Å². The number of carboxylic acid groups (broad SMARTS) is 1. The van der Waals surface area contributed by atoms with Gasteiger partial charge in [0.05, 0.1) is 5.66 Å². The Morgan fingerprint density at radius 2 is 1.70 bits per heavy atom. The number of nitrogens with zero attached hydrogens (tertiary/aromatic N) is 1. The summed E-state index contributed by atoms with van der Waals surface area (Å²) in [5.41, 5.74) is 5.92. The van der Waals surface area contributed by atoms with Gasteiger partial charge in [0.15, 0.2) is 5.78 Å². The van der Waals surface area contributed by atoms with Crippen LogP contribution >= 0.6 is 7.60 Å². The number of benzene rings is 2. The van der Waals surface area contributed by atoms with Crippen LogP contribution < -0.4 is 5.73 Å². The second kappa shape index (κ2) is 13.1. The molecular weight excluding hydrogens is 495 g/mol. The molecule has 10 heteroatoms. The van der Waals surface area contributed by atoms with E-state index in [-0.39, 0.29) is 37.6 Å². The first-order valence-corrected chi connectivity index (χ1v) is 14.1. The molecule has 5 atom stereocenters. The summed E-state index contributed by atoms with van der Waals surface area (Å²) in [7, 11) is -4.55. The molecule has 2 aromatic carbocycles. The number of nitrogens with two attached hydrogens (primary N) is 1.